The van der Waals surface area contributed by atoms with Crippen LogP contribution in [0, 0.1) is 10.5 Å². The average Bonchev–Trinajstić information content (AvgIpc) is 2.34. The summed E-state index contributed by atoms with van der Waals surface area (Å²) in [7, 11) is 0. The third-order valence-corrected chi connectivity index (χ3v) is 3.44. The predicted octanol–water partition coefficient (Wildman–Crippen LogP) is 4.17. The largest absolute Gasteiger partial charge is 0.378 e. The molecule has 0 bridgehead atoms. The van der Waals surface area contributed by atoms with E-state index in [-0.39, 0.29) is 6.04 Å². The molecule has 1 aromatic carbocycles. The quantitative estimate of drug-likeness (QED) is 0.850. The minimum Gasteiger partial charge on any atom is -0.378 e. The van der Waals surface area contributed by atoms with Crippen LogP contribution in [0.1, 0.15) is 24.1 Å². The molecular formula is C14H15IN2. The molecule has 0 aliphatic rings. The fourth-order valence-electron chi connectivity index (χ4n) is 1.76. The van der Waals surface area contributed by atoms with Crippen molar-refractivity contribution in [1.29, 1.82) is 0 Å². The number of nitrogens with zero attached hydrogens (tertiary/aromatic N) is 1. The normalized spacial score (nSPS) is 12.2. The Balaban J connectivity index is 2.16. The first kappa shape index (κ1) is 12.4. The summed E-state index contributed by atoms with van der Waals surface area (Å²) in [6.45, 7) is 4.29. The summed E-state index contributed by atoms with van der Waals surface area (Å²) < 4.78 is 1.27. The van der Waals surface area contributed by atoms with Crippen LogP contribution in [0.15, 0.2) is 42.7 Å². The van der Waals surface area contributed by atoms with Gasteiger partial charge < -0.3 is 5.32 Å². The molecule has 1 unspecified atom stereocenters. The second kappa shape index (κ2) is 5.49. The van der Waals surface area contributed by atoms with Crippen LogP contribution in [0.2, 0.25) is 0 Å². The Labute approximate surface area is 116 Å². The molecule has 0 saturated heterocycles. The molecule has 0 amide bonds. The van der Waals surface area contributed by atoms with E-state index >= 15 is 0 Å². The first-order valence-corrected chi connectivity index (χ1v) is 6.67. The van der Waals surface area contributed by atoms with Crippen LogP contribution in [-0.2, 0) is 0 Å². The van der Waals surface area contributed by atoms with E-state index in [0.717, 1.165) is 0 Å². The Morgan fingerprint density at radius 1 is 1.18 bits per heavy atom. The number of rotatable bonds is 3. The van der Waals surface area contributed by atoms with Crippen LogP contribution >= 0.6 is 22.6 Å². The van der Waals surface area contributed by atoms with Crippen molar-refractivity contribution in [3.63, 3.8) is 0 Å². The maximum atomic E-state index is 4.04. The molecular weight excluding hydrogens is 323 g/mol. The molecule has 88 valence electrons. The number of hydrogen-bond acceptors (Lipinski definition) is 2. The number of anilines is 1. The Hall–Kier alpha value is -1.10. The van der Waals surface area contributed by atoms with Crippen molar-refractivity contribution in [2.24, 2.45) is 0 Å². The van der Waals surface area contributed by atoms with Crippen LogP contribution in [0.5, 0.6) is 0 Å². The number of aryl methyl sites for hydroxylation is 1. The van der Waals surface area contributed by atoms with E-state index < -0.39 is 0 Å². The smallest absolute Gasteiger partial charge is 0.0486 e. The number of hydrogen-bond donors (Lipinski definition) is 1. The molecule has 0 radical (unpaired) electrons. The molecule has 1 aromatic heterocycles. The lowest BCUT2D eigenvalue weighted by Gasteiger charge is -2.17. The van der Waals surface area contributed by atoms with E-state index in [2.05, 4.69) is 64.9 Å². The monoisotopic (exact) mass is 338 g/mol. The summed E-state index contributed by atoms with van der Waals surface area (Å²) in [5.74, 6) is 0. The van der Waals surface area contributed by atoms with Gasteiger partial charge in [0.05, 0.1) is 0 Å². The van der Waals surface area contributed by atoms with Crippen molar-refractivity contribution >= 4 is 28.3 Å². The fourth-order valence-corrected chi connectivity index (χ4v) is 2.40. The Morgan fingerprint density at radius 3 is 2.53 bits per heavy atom. The van der Waals surface area contributed by atoms with Crippen LogP contribution < -0.4 is 5.32 Å². The van der Waals surface area contributed by atoms with E-state index in [0.29, 0.717) is 0 Å². The predicted molar refractivity (Wildman–Crippen MR) is 80.2 cm³/mol. The highest BCUT2D eigenvalue weighted by molar-refractivity contribution is 14.1. The minimum absolute atomic E-state index is 0.289. The summed E-state index contributed by atoms with van der Waals surface area (Å²) in [5.41, 5.74) is 3.71. The Kier molecular flexibility index (Phi) is 3.99. The SMILES string of the molecule is Cc1cc(I)ccc1NC(C)c1ccncc1. The number of aromatic nitrogens is 1. The van der Waals surface area contributed by atoms with E-state index in [1.807, 2.05) is 24.5 Å². The third-order valence-electron chi connectivity index (χ3n) is 2.77. The molecule has 0 aliphatic heterocycles. The Bertz CT molecular complexity index is 497. The van der Waals surface area contributed by atoms with Gasteiger partial charge in [0, 0.05) is 27.7 Å². The molecule has 2 aromatic rings. The molecule has 2 nitrogen and oxygen atoms in total. The molecule has 17 heavy (non-hydrogen) atoms. The summed E-state index contributed by atoms with van der Waals surface area (Å²) in [5, 5.41) is 3.52. The molecule has 1 N–H and O–H groups in total. The summed E-state index contributed by atoms with van der Waals surface area (Å²) in [4.78, 5) is 4.04. The van der Waals surface area contributed by atoms with Gasteiger partial charge in [-0.15, -0.1) is 0 Å². The zero-order valence-electron chi connectivity index (χ0n) is 9.94. The van der Waals surface area contributed by atoms with Crippen molar-refractivity contribution in [2.45, 2.75) is 19.9 Å². The lowest BCUT2D eigenvalue weighted by atomic mass is 10.1. The second-order valence-corrected chi connectivity index (χ2v) is 5.35. The van der Waals surface area contributed by atoms with Gasteiger partial charge in [-0.2, -0.15) is 0 Å². The van der Waals surface area contributed by atoms with Crippen molar-refractivity contribution in [1.82, 2.24) is 4.98 Å². The molecule has 0 fully saturated rings. The van der Waals surface area contributed by atoms with Crippen LogP contribution in [0.4, 0.5) is 5.69 Å². The molecule has 1 heterocycles. The molecule has 3 heteroatoms. The van der Waals surface area contributed by atoms with E-state index in [1.165, 1.54) is 20.4 Å². The van der Waals surface area contributed by atoms with Gasteiger partial charge >= 0.3 is 0 Å². The highest BCUT2D eigenvalue weighted by Gasteiger charge is 2.06. The van der Waals surface area contributed by atoms with Crippen LogP contribution in [0.25, 0.3) is 0 Å². The van der Waals surface area contributed by atoms with Crippen molar-refractivity contribution in [3.8, 4) is 0 Å². The van der Waals surface area contributed by atoms with Gasteiger partial charge in [0.1, 0.15) is 0 Å². The van der Waals surface area contributed by atoms with Gasteiger partial charge in [-0.25, -0.2) is 0 Å². The number of pyridine rings is 1. The average molecular weight is 338 g/mol. The minimum atomic E-state index is 0.289. The number of halogens is 1. The lowest BCUT2D eigenvalue weighted by Crippen LogP contribution is -2.07. The van der Waals surface area contributed by atoms with E-state index in [4.69, 9.17) is 0 Å². The van der Waals surface area contributed by atoms with Crippen molar-refractivity contribution in [2.75, 3.05) is 5.32 Å². The van der Waals surface area contributed by atoms with Gasteiger partial charge in [-0.1, -0.05) is 0 Å². The van der Waals surface area contributed by atoms with E-state index in [9.17, 15) is 0 Å². The van der Waals surface area contributed by atoms with Gasteiger partial charge in [0.2, 0.25) is 0 Å². The van der Waals surface area contributed by atoms with Gasteiger partial charge in [0.25, 0.3) is 0 Å². The first-order chi connectivity index (χ1) is 8.16. The Morgan fingerprint density at radius 2 is 1.88 bits per heavy atom. The molecule has 0 aliphatic carbocycles. The number of nitrogens with one attached hydrogen (secondary N) is 1. The number of benzene rings is 1. The molecule has 1 atom stereocenters. The lowest BCUT2D eigenvalue weighted by molar-refractivity contribution is 0.878. The summed E-state index contributed by atoms with van der Waals surface area (Å²) >= 11 is 2.33. The van der Waals surface area contributed by atoms with Gasteiger partial charge in [-0.3, -0.25) is 4.98 Å². The van der Waals surface area contributed by atoms with Gasteiger partial charge in [-0.05, 0) is 77.9 Å². The molecule has 2 rings (SSSR count). The molecule has 0 spiro atoms. The highest BCUT2D eigenvalue weighted by atomic mass is 127. The fraction of sp³-hybridized carbons (Fsp3) is 0.214. The summed E-state index contributed by atoms with van der Waals surface area (Å²) in [6.07, 6.45) is 3.66. The zero-order valence-corrected chi connectivity index (χ0v) is 12.1. The topological polar surface area (TPSA) is 24.9 Å². The standard InChI is InChI=1S/C14H15IN2/c1-10-9-13(15)3-4-14(10)17-11(2)12-5-7-16-8-6-12/h3-9,11,17H,1-2H3. The van der Waals surface area contributed by atoms with Crippen LogP contribution in [-0.4, -0.2) is 4.98 Å². The van der Waals surface area contributed by atoms with Gasteiger partial charge in [0.15, 0.2) is 0 Å². The highest BCUT2D eigenvalue weighted by Crippen LogP contribution is 2.23. The third kappa shape index (κ3) is 3.19. The summed E-state index contributed by atoms with van der Waals surface area (Å²) in [6, 6.07) is 10.8. The van der Waals surface area contributed by atoms with E-state index in [1.54, 1.807) is 0 Å². The van der Waals surface area contributed by atoms with Crippen molar-refractivity contribution < 1.29 is 0 Å². The van der Waals surface area contributed by atoms with Crippen molar-refractivity contribution in [3.05, 3.63) is 57.4 Å². The first-order valence-electron chi connectivity index (χ1n) is 5.59. The second-order valence-electron chi connectivity index (χ2n) is 4.11. The maximum Gasteiger partial charge on any atom is 0.0486 e. The molecule has 0 saturated carbocycles. The zero-order chi connectivity index (χ0) is 12.3. The van der Waals surface area contributed by atoms with Crippen LogP contribution in [0.3, 0.4) is 0 Å². The maximum absolute atomic E-state index is 4.04.